The predicted octanol–water partition coefficient (Wildman–Crippen LogP) is 0.708. The van der Waals surface area contributed by atoms with Crippen molar-refractivity contribution in [3.05, 3.63) is 18.4 Å². The van der Waals surface area contributed by atoms with Crippen molar-refractivity contribution in [2.24, 2.45) is 0 Å². The summed E-state index contributed by atoms with van der Waals surface area (Å²) in [4.78, 5) is 3.87. The van der Waals surface area contributed by atoms with Gasteiger partial charge in [0.2, 0.25) is 5.89 Å². The zero-order valence-electron chi connectivity index (χ0n) is 6.65. The van der Waals surface area contributed by atoms with Gasteiger partial charge in [-0.15, -0.1) is 0 Å². The molecule has 4 nitrogen and oxygen atoms in total. The minimum absolute atomic E-state index is 0.338. The first-order valence-electron chi connectivity index (χ1n) is 3.66. The first-order valence-corrected chi connectivity index (χ1v) is 5.55. The first-order chi connectivity index (χ1) is 5.56. The average Bonchev–Trinajstić information content (AvgIpc) is 2.61. The van der Waals surface area contributed by atoms with Crippen LogP contribution in [0, 0.1) is 0 Å². The molecule has 66 valence electrons. The topological polar surface area (TPSA) is 60.2 Å². The van der Waals surface area contributed by atoms with Crippen LogP contribution >= 0.6 is 0 Å². The van der Waals surface area contributed by atoms with E-state index in [1.54, 1.807) is 0 Å². The van der Waals surface area contributed by atoms with Crippen LogP contribution in [0.5, 0.6) is 0 Å². The molecule has 1 aliphatic rings. The van der Waals surface area contributed by atoms with Crippen molar-refractivity contribution < 1.29 is 12.8 Å². The van der Waals surface area contributed by atoms with Crippen LogP contribution < -0.4 is 0 Å². The molecule has 0 amide bonds. The first kappa shape index (κ1) is 7.79. The monoisotopic (exact) mass is 187 g/mol. The van der Waals surface area contributed by atoms with Crippen molar-refractivity contribution in [2.45, 2.75) is 17.6 Å². The van der Waals surface area contributed by atoms with Crippen LogP contribution in [-0.4, -0.2) is 19.7 Å². The Balaban J connectivity index is 2.49. The van der Waals surface area contributed by atoms with Crippen LogP contribution in [-0.2, 0) is 14.6 Å². The maximum absolute atomic E-state index is 11.3. The van der Waals surface area contributed by atoms with Gasteiger partial charge in [0.15, 0.2) is 9.84 Å². The molecule has 5 heteroatoms. The Morgan fingerprint density at radius 2 is 2.25 bits per heavy atom. The largest absolute Gasteiger partial charge is 0.447 e. The fraction of sp³-hybridized carbons (Fsp3) is 0.571. The normalized spacial score (nSPS) is 20.8. The molecule has 1 aromatic heterocycles. The highest BCUT2D eigenvalue weighted by molar-refractivity contribution is 7.91. The van der Waals surface area contributed by atoms with E-state index < -0.39 is 14.6 Å². The van der Waals surface area contributed by atoms with Crippen molar-refractivity contribution in [2.75, 3.05) is 6.26 Å². The van der Waals surface area contributed by atoms with Crippen LogP contribution in [0.2, 0.25) is 0 Å². The molecule has 0 radical (unpaired) electrons. The lowest BCUT2D eigenvalue weighted by atomic mass is 10.4. The van der Waals surface area contributed by atoms with E-state index in [0.29, 0.717) is 18.7 Å². The Hall–Kier alpha value is -0.840. The van der Waals surface area contributed by atoms with Crippen LogP contribution in [0.4, 0.5) is 0 Å². The van der Waals surface area contributed by atoms with Gasteiger partial charge in [-0.05, 0) is 12.8 Å². The molecular weight excluding hydrogens is 178 g/mol. The van der Waals surface area contributed by atoms with Crippen molar-refractivity contribution in [1.82, 2.24) is 4.98 Å². The quantitative estimate of drug-likeness (QED) is 0.684. The van der Waals surface area contributed by atoms with Gasteiger partial charge in [-0.1, -0.05) is 0 Å². The lowest BCUT2D eigenvalue weighted by Gasteiger charge is -2.06. The summed E-state index contributed by atoms with van der Waals surface area (Å²) in [5, 5.41) is 0. The molecule has 0 unspecified atom stereocenters. The lowest BCUT2D eigenvalue weighted by molar-refractivity contribution is 0.472. The van der Waals surface area contributed by atoms with Gasteiger partial charge in [0, 0.05) is 6.26 Å². The van der Waals surface area contributed by atoms with Crippen molar-refractivity contribution in [3.63, 3.8) is 0 Å². The van der Waals surface area contributed by atoms with E-state index >= 15 is 0 Å². The molecule has 1 aliphatic carbocycles. The summed E-state index contributed by atoms with van der Waals surface area (Å²) in [6.07, 6.45) is 5.37. The molecule has 0 atom stereocenters. The second kappa shape index (κ2) is 2.10. The number of aromatic nitrogens is 1. The molecule has 0 bridgehead atoms. The number of oxazole rings is 1. The number of hydrogen-bond donors (Lipinski definition) is 0. The van der Waals surface area contributed by atoms with E-state index in [4.69, 9.17) is 4.42 Å². The van der Waals surface area contributed by atoms with Crippen molar-refractivity contribution in [3.8, 4) is 0 Å². The minimum Gasteiger partial charge on any atom is -0.447 e. The summed E-state index contributed by atoms with van der Waals surface area (Å²) < 4.78 is 26.8. The second-order valence-electron chi connectivity index (χ2n) is 3.10. The third-order valence-electron chi connectivity index (χ3n) is 2.24. The third kappa shape index (κ3) is 0.891. The van der Waals surface area contributed by atoms with Gasteiger partial charge in [-0.3, -0.25) is 0 Å². The number of rotatable bonds is 2. The Labute approximate surface area is 70.5 Å². The van der Waals surface area contributed by atoms with E-state index in [1.165, 1.54) is 18.7 Å². The van der Waals surface area contributed by atoms with Gasteiger partial charge in [-0.2, -0.15) is 0 Å². The van der Waals surface area contributed by atoms with Crippen LogP contribution in [0.3, 0.4) is 0 Å². The highest BCUT2D eigenvalue weighted by Crippen LogP contribution is 2.51. The fourth-order valence-electron chi connectivity index (χ4n) is 1.31. The SMILES string of the molecule is CS(=O)(=O)C1(c2ncco2)CC1. The molecule has 1 aromatic rings. The van der Waals surface area contributed by atoms with Crippen molar-refractivity contribution in [1.29, 1.82) is 0 Å². The van der Waals surface area contributed by atoms with Gasteiger partial charge < -0.3 is 4.42 Å². The van der Waals surface area contributed by atoms with Gasteiger partial charge in [0.25, 0.3) is 0 Å². The van der Waals surface area contributed by atoms with E-state index in [0.717, 1.165) is 0 Å². The summed E-state index contributed by atoms with van der Waals surface area (Å²) >= 11 is 0. The van der Waals surface area contributed by atoms with Gasteiger partial charge in [0.1, 0.15) is 11.0 Å². The molecule has 0 aliphatic heterocycles. The molecule has 0 aromatic carbocycles. The molecule has 0 spiro atoms. The average molecular weight is 187 g/mol. The Kier molecular flexibility index (Phi) is 1.36. The lowest BCUT2D eigenvalue weighted by Crippen LogP contribution is -2.19. The van der Waals surface area contributed by atoms with E-state index in [2.05, 4.69) is 4.98 Å². The molecule has 2 rings (SSSR count). The second-order valence-corrected chi connectivity index (χ2v) is 5.43. The summed E-state index contributed by atoms with van der Waals surface area (Å²) in [6.45, 7) is 0. The summed E-state index contributed by atoms with van der Waals surface area (Å²) in [7, 11) is -3.07. The number of nitrogens with zero attached hydrogens (tertiary/aromatic N) is 1. The minimum atomic E-state index is -3.07. The molecule has 0 N–H and O–H groups in total. The summed E-state index contributed by atoms with van der Waals surface area (Å²) in [6, 6.07) is 0. The maximum Gasteiger partial charge on any atom is 0.215 e. The van der Waals surface area contributed by atoms with Crippen LogP contribution in [0.25, 0.3) is 0 Å². The zero-order valence-corrected chi connectivity index (χ0v) is 7.47. The predicted molar refractivity (Wildman–Crippen MR) is 42.3 cm³/mol. The smallest absolute Gasteiger partial charge is 0.215 e. The summed E-state index contributed by atoms with van der Waals surface area (Å²) in [5.74, 6) is 0.338. The standard InChI is InChI=1S/C7H9NO3S/c1-12(9,10)7(2-3-7)6-8-4-5-11-6/h4-5H,2-3H2,1H3. The fourth-order valence-corrected chi connectivity index (χ4v) is 2.57. The number of hydrogen-bond acceptors (Lipinski definition) is 4. The highest BCUT2D eigenvalue weighted by atomic mass is 32.2. The zero-order chi connectivity index (χ0) is 8.82. The van der Waals surface area contributed by atoms with Gasteiger partial charge in [-0.25, -0.2) is 13.4 Å². The molecule has 0 saturated heterocycles. The van der Waals surface area contributed by atoms with Gasteiger partial charge >= 0.3 is 0 Å². The highest BCUT2D eigenvalue weighted by Gasteiger charge is 2.57. The Morgan fingerprint density at radius 3 is 2.58 bits per heavy atom. The Bertz CT molecular complexity index is 375. The summed E-state index contributed by atoms with van der Waals surface area (Å²) in [5.41, 5.74) is 0. The Morgan fingerprint density at radius 1 is 1.58 bits per heavy atom. The number of sulfone groups is 1. The molecular formula is C7H9NO3S. The van der Waals surface area contributed by atoms with E-state index in [-0.39, 0.29) is 0 Å². The van der Waals surface area contributed by atoms with Crippen LogP contribution in [0.15, 0.2) is 16.9 Å². The third-order valence-corrected chi connectivity index (χ3v) is 4.24. The molecule has 1 fully saturated rings. The molecule has 12 heavy (non-hydrogen) atoms. The molecule has 1 heterocycles. The van der Waals surface area contributed by atoms with Crippen molar-refractivity contribution >= 4 is 9.84 Å². The van der Waals surface area contributed by atoms with Gasteiger partial charge in [0.05, 0.1) is 6.20 Å². The maximum atomic E-state index is 11.3. The molecule has 1 saturated carbocycles. The van der Waals surface area contributed by atoms with E-state index in [9.17, 15) is 8.42 Å². The van der Waals surface area contributed by atoms with E-state index in [1.807, 2.05) is 0 Å². The van der Waals surface area contributed by atoms with Crippen LogP contribution in [0.1, 0.15) is 18.7 Å².